The smallest absolute Gasteiger partial charge is 0.274 e. The molecule has 0 aromatic carbocycles. The quantitative estimate of drug-likeness (QED) is 0.635. The second-order valence-corrected chi connectivity index (χ2v) is 7.08. The summed E-state index contributed by atoms with van der Waals surface area (Å²) in [5, 5.41) is 4.54. The topological polar surface area (TPSA) is 68.3 Å². The van der Waals surface area contributed by atoms with Crippen molar-refractivity contribution in [2.45, 2.75) is 20.8 Å². The Balaban J connectivity index is 2.08. The van der Waals surface area contributed by atoms with E-state index in [4.69, 9.17) is 6.57 Å². The molecule has 3 heterocycles. The maximum absolute atomic E-state index is 12.8. The van der Waals surface area contributed by atoms with Gasteiger partial charge < -0.3 is 4.90 Å². The Kier molecular flexibility index (Phi) is 5.50. The van der Waals surface area contributed by atoms with Gasteiger partial charge in [0.05, 0.1) is 29.8 Å². The number of aryl methyl sites for hydroxylation is 1. The van der Waals surface area contributed by atoms with Crippen LogP contribution in [0.2, 0.25) is 0 Å². The number of carbonyl (C=O) groups is 1. The zero-order chi connectivity index (χ0) is 20.3. The molecule has 0 radical (unpaired) electrons. The monoisotopic (exact) mass is 374 g/mol. The van der Waals surface area contributed by atoms with Crippen molar-refractivity contribution in [2.75, 3.05) is 13.6 Å². The Morgan fingerprint density at radius 1 is 1.21 bits per heavy atom. The molecule has 0 spiro atoms. The number of aromatic nitrogens is 4. The summed E-state index contributed by atoms with van der Waals surface area (Å²) in [5.74, 6) is 0.214. The predicted octanol–water partition coefficient (Wildman–Crippen LogP) is 3.92. The van der Waals surface area contributed by atoms with Crippen molar-refractivity contribution in [3.8, 4) is 17.1 Å². The summed E-state index contributed by atoms with van der Waals surface area (Å²) in [7, 11) is 1.78. The fraction of sp³-hybridized carbons (Fsp3) is 0.286. The molecule has 0 fully saturated rings. The van der Waals surface area contributed by atoms with Gasteiger partial charge in [-0.05, 0) is 37.1 Å². The fourth-order valence-electron chi connectivity index (χ4n) is 2.88. The van der Waals surface area contributed by atoms with E-state index >= 15 is 0 Å². The maximum atomic E-state index is 12.8. The SMILES string of the molecule is [C-]#[N+]c1ccc(-c2cc(C(=O)N(C)CC(C)C)nn2-c2ccc(C)nc2)nc1. The minimum atomic E-state index is -0.147. The third kappa shape index (κ3) is 4.07. The van der Waals surface area contributed by atoms with Crippen LogP contribution in [0, 0.1) is 19.4 Å². The molecule has 0 saturated heterocycles. The van der Waals surface area contributed by atoms with E-state index in [9.17, 15) is 4.79 Å². The molecule has 0 aliphatic carbocycles. The molecule has 142 valence electrons. The molecule has 3 aromatic rings. The summed E-state index contributed by atoms with van der Waals surface area (Å²) < 4.78 is 1.67. The van der Waals surface area contributed by atoms with Crippen molar-refractivity contribution in [3.63, 3.8) is 0 Å². The highest BCUT2D eigenvalue weighted by molar-refractivity contribution is 5.93. The summed E-state index contributed by atoms with van der Waals surface area (Å²) in [6, 6.07) is 8.99. The molecule has 0 aliphatic rings. The van der Waals surface area contributed by atoms with Gasteiger partial charge in [0.1, 0.15) is 0 Å². The van der Waals surface area contributed by atoms with Crippen LogP contribution in [0.5, 0.6) is 0 Å². The lowest BCUT2D eigenvalue weighted by Crippen LogP contribution is -2.30. The third-order valence-corrected chi connectivity index (χ3v) is 4.19. The van der Waals surface area contributed by atoms with Crippen molar-refractivity contribution in [1.29, 1.82) is 0 Å². The van der Waals surface area contributed by atoms with Gasteiger partial charge in [0.2, 0.25) is 5.69 Å². The fourth-order valence-corrected chi connectivity index (χ4v) is 2.88. The van der Waals surface area contributed by atoms with Gasteiger partial charge in [-0.15, -0.1) is 0 Å². The first-order chi connectivity index (χ1) is 13.4. The van der Waals surface area contributed by atoms with Gasteiger partial charge in [-0.1, -0.05) is 19.9 Å². The Morgan fingerprint density at radius 2 is 2.00 bits per heavy atom. The van der Waals surface area contributed by atoms with Crippen molar-refractivity contribution < 1.29 is 4.79 Å². The zero-order valence-corrected chi connectivity index (χ0v) is 16.4. The van der Waals surface area contributed by atoms with Crippen LogP contribution in [0.1, 0.15) is 30.0 Å². The molecule has 3 rings (SSSR count). The summed E-state index contributed by atoms with van der Waals surface area (Å²) in [6.45, 7) is 13.8. The molecule has 0 unspecified atom stereocenters. The van der Waals surface area contributed by atoms with E-state index in [1.807, 2.05) is 19.1 Å². The van der Waals surface area contributed by atoms with E-state index < -0.39 is 0 Å². The molecule has 0 atom stereocenters. The minimum absolute atomic E-state index is 0.147. The minimum Gasteiger partial charge on any atom is -0.340 e. The van der Waals surface area contributed by atoms with Crippen LogP contribution in [0.25, 0.3) is 21.9 Å². The van der Waals surface area contributed by atoms with Crippen LogP contribution in [0.3, 0.4) is 0 Å². The highest BCUT2D eigenvalue weighted by atomic mass is 16.2. The van der Waals surface area contributed by atoms with E-state index in [1.165, 1.54) is 6.20 Å². The van der Waals surface area contributed by atoms with Gasteiger partial charge in [0.25, 0.3) is 5.91 Å². The zero-order valence-electron chi connectivity index (χ0n) is 16.4. The highest BCUT2D eigenvalue weighted by Gasteiger charge is 2.21. The Hall–Kier alpha value is -3.53. The summed E-state index contributed by atoms with van der Waals surface area (Å²) >= 11 is 0. The maximum Gasteiger partial charge on any atom is 0.274 e. The van der Waals surface area contributed by atoms with E-state index in [-0.39, 0.29) is 5.91 Å². The number of hydrogen-bond donors (Lipinski definition) is 0. The van der Waals surface area contributed by atoms with Crippen molar-refractivity contribution in [1.82, 2.24) is 24.6 Å². The number of pyridine rings is 2. The summed E-state index contributed by atoms with van der Waals surface area (Å²) in [5.41, 5.74) is 3.73. The molecular formula is C21H22N6O. The van der Waals surface area contributed by atoms with Crippen LogP contribution >= 0.6 is 0 Å². The lowest BCUT2D eigenvalue weighted by Gasteiger charge is -2.17. The van der Waals surface area contributed by atoms with Gasteiger partial charge in [0.15, 0.2) is 5.69 Å². The third-order valence-electron chi connectivity index (χ3n) is 4.19. The first-order valence-electron chi connectivity index (χ1n) is 9.01. The largest absolute Gasteiger partial charge is 0.340 e. The lowest BCUT2D eigenvalue weighted by atomic mass is 10.2. The molecule has 0 aliphatic heterocycles. The normalized spacial score (nSPS) is 10.7. The summed E-state index contributed by atoms with van der Waals surface area (Å²) in [6.07, 6.45) is 3.23. The Labute approximate surface area is 164 Å². The lowest BCUT2D eigenvalue weighted by molar-refractivity contribution is 0.0773. The van der Waals surface area contributed by atoms with Crippen molar-refractivity contribution in [3.05, 3.63) is 65.5 Å². The number of nitrogens with zero attached hydrogens (tertiary/aromatic N) is 6. The average Bonchev–Trinajstić information content (AvgIpc) is 3.12. The highest BCUT2D eigenvalue weighted by Crippen LogP contribution is 2.24. The molecule has 0 saturated carbocycles. The standard InChI is InChI=1S/C21H22N6O/c1-14(2)13-26(5)21(28)19-10-20(18-9-7-16(22-4)11-24-18)27(25-19)17-8-6-15(3)23-12-17/h6-12,14H,13H2,1-3,5H3. The van der Waals surface area contributed by atoms with Crippen LogP contribution in [-0.2, 0) is 0 Å². The van der Waals surface area contributed by atoms with Gasteiger partial charge in [0, 0.05) is 25.5 Å². The first-order valence-corrected chi connectivity index (χ1v) is 9.01. The van der Waals surface area contributed by atoms with Crippen molar-refractivity contribution in [2.24, 2.45) is 5.92 Å². The molecule has 28 heavy (non-hydrogen) atoms. The van der Waals surface area contributed by atoms with E-state index in [1.54, 1.807) is 41.0 Å². The number of amides is 1. The molecule has 1 amide bonds. The van der Waals surface area contributed by atoms with Gasteiger partial charge in [-0.3, -0.25) is 14.8 Å². The van der Waals surface area contributed by atoms with E-state index in [0.29, 0.717) is 35.2 Å². The van der Waals surface area contributed by atoms with E-state index in [2.05, 4.69) is 33.8 Å². The summed E-state index contributed by atoms with van der Waals surface area (Å²) in [4.78, 5) is 26.6. The molecule has 7 heteroatoms. The predicted molar refractivity (Wildman–Crippen MR) is 107 cm³/mol. The second kappa shape index (κ2) is 8.01. The first kappa shape index (κ1) is 19.2. The average molecular weight is 374 g/mol. The molecule has 0 N–H and O–H groups in total. The number of carbonyl (C=O) groups excluding carboxylic acids is 1. The molecular weight excluding hydrogens is 352 g/mol. The Morgan fingerprint density at radius 3 is 2.57 bits per heavy atom. The molecule has 0 bridgehead atoms. The molecule has 7 nitrogen and oxygen atoms in total. The van der Waals surface area contributed by atoms with Crippen LogP contribution in [-0.4, -0.2) is 44.1 Å². The number of hydrogen-bond acceptors (Lipinski definition) is 4. The Bertz CT molecular complexity index is 1010. The van der Waals surface area contributed by atoms with Gasteiger partial charge in [-0.25, -0.2) is 9.53 Å². The van der Waals surface area contributed by atoms with Gasteiger partial charge >= 0.3 is 0 Å². The molecule has 3 aromatic heterocycles. The van der Waals surface area contributed by atoms with Crippen LogP contribution in [0.4, 0.5) is 5.69 Å². The van der Waals surface area contributed by atoms with Crippen LogP contribution < -0.4 is 0 Å². The van der Waals surface area contributed by atoms with Gasteiger partial charge in [-0.2, -0.15) is 5.10 Å². The van der Waals surface area contributed by atoms with E-state index in [0.717, 1.165) is 11.4 Å². The van der Waals surface area contributed by atoms with Crippen LogP contribution in [0.15, 0.2) is 42.7 Å². The number of rotatable bonds is 5. The van der Waals surface area contributed by atoms with Crippen molar-refractivity contribution >= 4 is 11.6 Å². The second-order valence-electron chi connectivity index (χ2n) is 7.08.